The lowest BCUT2D eigenvalue weighted by Gasteiger charge is -2.05. The Kier molecular flexibility index (Phi) is 4.47. The lowest BCUT2D eigenvalue weighted by atomic mass is 10.1. The van der Waals surface area contributed by atoms with Crippen molar-refractivity contribution >= 4 is 5.97 Å². The highest BCUT2D eigenvalue weighted by molar-refractivity contribution is 5.88. The maximum Gasteiger partial charge on any atom is 0.335 e. The van der Waals surface area contributed by atoms with Crippen molar-refractivity contribution in [2.24, 2.45) is 5.92 Å². The van der Waals surface area contributed by atoms with Gasteiger partial charge in [-0.05, 0) is 18.1 Å². The molecular weight excluding hydrogens is 260 g/mol. The first-order chi connectivity index (χ1) is 9.60. The molecule has 0 bridgehead atoms. The van der Waals surface area contributed by atoms with E-state index < -0.39 is 5.97 Å². The monoisotopic (exact) mass is 276 g/mol. The van der Waals surface area contributed by atoms with Gasteiger partial charge in [0.15, 0.2) is 0 Å². The Labute approximate surface area is 116 Å². The van der Waals surface area contributed by atoms with Gasteiger partial charge in [-0.2, -0.15) is 4.98 Å². The summed E-state index contributed by atoms with van der Waals surface area (Å²) in [6.07, 6.45) is 0.647. The number of nitrogens with zero attached hydrogens (tertiary/aromatic N) is 2. The van der Waals surface area contributed by atoms with E-state index >= 15 is 0 Å². The Morgan fingerprint density at radius 3 is 2.70 bits per heavy atom. The Bertz CT molecular complexity index is 577. The summed E-state index contributed by atoms with van der Waals surface area (Å²) in [4.78, 5) is 15.1. The summed E-state index contributed by atoms with van der Waals surface area (Å²) in [5.74, 6) is 0.342. The van der Waals surface area contributed by atoms with Crippen LogP contribution in [0.25, 0.3) is 11.4 Å². The minimum absolute atomic E-state index is 0.228. The smallest absolute Gasteiger partial charge is 0.335 e. The van der Waals surface area contributed by atoms with Gasteiger partial charge in [-0.15, -0.1) is 0 Å². The Morgan fingerprint density at radius 2 is 2.10 bits per heavy atom. The van der Waals surface area contributed by atoms with Crippen LogP contribution in [0.3, 0.4) is 0 Å². The second kappa shape index (κ2) is 6.29. The molecule has 0 amide bonds. The zero-order valence-electron chi connectivity index (χ0n) is 11.4. The molecule has 0 aliphatic heterocycles. The molecule has 1 N–H and O–H groups in total. The number of hydrogen-bond donors (Lipinski definition) is 1. The molecule has 1 atom stereocenters. The molecule has 0 saturated carbocycles. The summed E-state index contributed by atoms with van der Waals surface area (Å²) >= 11 is 0. The van der Waals surface area contributed by atoms with E-state index in [-0.39, 0.29) is 5.56 Å². The van der Waals surface area contributed by atoms with E-state index in [1.165, 1.54) is 12.1 Å². The van der Waals surface area contributed by atoms with Crippen molar-refractivity contribution in [1.29, 1.82) is 0 Å². The van der Waals surface area contributed by atoms with E-state index in [0.29, 0.717) is 30.7 Å². The minimum Gasteiger partial charge on any atom is -0.478 e. The van der Waals surface area contributed by atoms with Crippen LogP contribution in [0, 0.1) is 5.92 Å². The summed E-state index contributed by atoms with van der Waals surface area (Å²) in [5.41, 5.74) is 0.954. The van der Waals surface area contributed by atoms with Gasteiger partial charge in [-0.25, -0.2) is 4.79 Å². The number of carbonyl (C=O) groups is 1. The fraction of sp³-hybridized carbons (Fsp3) is 0.357. The molecule has 1 heterocycles. The molecule has 2 aromatic rings. The molecule has 0 spiro atoms. The molecule has 0 saturated heterocycles. The van der Waals surface area contributed by atoms with E-state index in [2.05, 4.69) is 10.1 Å². The van der Waals surface area contributed by atoms with Gasteiger partial charge < -0.3 is 14.4 Å². The predicted molar refractivity (Wildman–Crippen MR) is 71.4 cm³/mol. The highest BCUT2D eigenvalue weighted by Gasteiger charge is 2.12. The molecule has 1 unspecified atom stereocenters. The third kappa shape index (κ3) is 3.42. The van der Waals surface area contributed by atoms with E-state index in [4.69, 9.17) is 14.4 Å². The van der Waals surface area contributed by atoms with Gasteiger partial charge in [0.05, 0.1) is 5.56 Å². The van der Waals surface area contributed by atoms with Crippen LogP contribution in [0.2, 0.25) is 0 Å². The van der Waals surface area contributed by atoms with Crippen molar-refractivity contribution in [2.45, 2.75) is 13.3 Å². The van der Waals surface area contributed by atoms with Gasteiger partial charge in [0, 0.05) is 25.7 Å². The maximum absolute atomic E-state index is 10.8. The average molecular weight is 276 g/mol. The first-order valence-corrected chi connectivity index (χ1v) is 6.25. The normalized spacial score (nSPS) is 12.3. The van der Waals surface area contributed by atoms with Crippen LogP contribution in [0.5, 0.6) is 0 Å². The summed E-state index contributed by atoms with van der Waals surface area (Å²) in [6, 6.07) is 6.36. The Balaban J connectivity index is 2.10. The summed E-state index contributed by atoms with van der Waals surface area (Å²) in [6.45, 7) is 2.67. The van der Waals surface area contributed by atoms with Crippen LogP contribution < -0.4 is 0 Å². The standard InChI is InChI=1S/C14H16N2O4/c1-9(8-19-2)7-12-15-13(16-20-12)10-3-5-11(6-4-10)14(17)18/h3-6,9H,7-8H2,1-2H3,(H,17,18). The number of aromatic nitrogens is 2. The van der Waals surface area contributed by atoms with Crippen molar-refractivity contribution in [3.8, 4) is 11.4 Å². The van der Waals surface area contributed by atoms with Crippen LogP contribution in [0.15, 0.2) is 28.8 Å². The maximum atomic E-state index is 10.8. The summed E-state index contributed by atoms with van der Waals surface area (Å²) in [7, 11) is 1.65. The van der Waals surface area contributed by atoms with Crippen molar-refractivity contribution in [2.75, 3.05) is 13.7 Å². The van der Waals surface area contributed by atoms with Crippen LogP contribution in [-0.2, 0) is 11.2 Å². The Morgan fingerprint density at radius 1 is 1.40 bits per heavy atom. The molecule has 0 aliphatic carbocycles. The molecule has 6 nitrogen and oxygen atoms in total. The van der Waals surface area contributed by atoms with Crippen molar-refractivity contribution in [3.05, 3.63) is 35.7 Å². The summed E-state index contributed by atoms with van der Waals surface area (Å²) in [5, 5.41) is 12.7. The molecule has 1 aromatic carbocycles. The van der Waals surface area contributed by atoms with E-state index in [1.54, 1.807) is 19.2 Å². The van der Waals surface area contributed by atoms with Gasteiger partial charge in [-0.1, -0.05) is 24.2 Å². The van der Waals surface area contributed by atoms with E-state index in [1.807, 2.05) is 6.92 Å². The van der Waals surface area contributed by atoms with Gasteiger partial charge >= 0.3 is 5.97 Å². The molecule has 0 radical (unpaired) electrons. The zero-order valence-corrected chi connectivity index (χ0v) is 11.4. The summed E-state index contributed by atoms with van der Waals surface area (Å²) < 4.78 is 10.2. The van der Waals surface area contributed by atoms with Gasteiger partial charge in [0.1, 0.15) is 0 Å². The van der Waals surface area contributed by atoms with Crippen molar-refractivity contribution in [1.82, 2.24) is 10.1 Å². The Hall–Kier alpha value is -2.21. The van der Waals surface area contributed by atoms with Gasteiger partial charge in [-0.3, -0.25) is 0 Å². The lowest BCUT2D eigenvalue weighted by molar-refractivity contribution is 0.0697. The molecule has 1 aromatic heterocycles. The fourth-order valence-electron chi connectivity index (χ4n) is 1.86. The number of ether oxygens (including phenoxy) is 1. The topological polar surface area (TPSA) is 85.5 Å². The predicted octanol–water partition coefficient (Wildman–Crippen LogP) is 2.26. The van der Waals surface area contributed by atoms with Crippen molar-refractivity contribution < 1.29 is 19.2 Å². The second-order valence-corrected chi connectivity index (χ2v) is 4.66. The third-order valence-electron chi connectivity index (χ3n) is 2.83. The largest absolute Gasteiger partial charge is 0.478 e. The van der Waals surface area contributed by atoms with Crippen LogP contribution in [-0.4, -0.2) is 34.9 Å². The minimum atomic E-state index is -0.959. The van der Waals surface area contributed by atoms with Crippen LogP contribution in [0.4, 0.5) is 0 Å². The van der Waals surface area contributed by atoms with Crippen molar-refractivity contribution in [3.63, 3.8) is 0 Å². The molecule has 106 valence electrons. The second-order valence-electron chi connectivity index (χ2n) is 4.66. The zero-order chi connectivity index (χ0) is 14.5. The quantitative estimate of drug-likeness (QED) is 0.871. The number of methoxy groups -OCH3 is 1. The number of carboxylic acid groups (broad SMARTS) is 1. The first kappa shape index (κ1) is 14.2. The third-order valence-corrected chi connectivity index (χ3v) is 2.83. The molecular formula is C14H16N2O4. The van der Waals surface area contributed by atoms with E-state index in [0.717, 1.165) is 5.56 Å². The molecule has 6 heteroatoms. The lowest BCUT2D eigenvalue weighted by Crippen LogP contribution is -2.07. The van der Waals surface area contributed by atoms with E-state index in [9.17, 15) is 4.79 Å². The number of carboxylic acids is 1. The molecule has 2 rings (SSSR count). The first-order valence-electron chi connectivity index (χ1n) is 6.25. The molecule has 20 heavy (non-hydrogen) atoms. The number of rotatable bonds is 6. The highest BCUT2D eigenvalue weighted by atomic mass is 16.5. The SMILES string of the molecule is COCC(C)Cc1nc(-c2ccc(C(=O)O)cc2)no1. The number of hydrogen-bond acceptors (Lipinski definition) is 5. The average Bonchev–Trinajstić information content (AvgIpc) is 2.87. The van der Waals surface area contributed by atoms with Gasteiger partial charge in [0.25, 0.3) is 0 Å². The number of benzene rings is 1. The van der Waals surface area contributed by atoms with Crippen LogP contribution in [0.1, 0.15) is 23.2 Å². The number of aromatic carboxylic acids is 1. The molecule has 0 fully saturated rings. The van der Waals surface area contributed by atoms with Crippen LogP contribution >= 0.6 is 0 Å². The highest BCUT2D eigenvalue weighted by Crippen LogP contribution is 2.18. The fourth-order valence-corrected chi connectivity index (χ4v) is 1.86. The van der Waals surface area contributed by atoms with Gasteiger partial charge in [0.2, 0.25) is 11.7 Å². The molecule has 0 aliphatic rings.